The number of carbonyl (C=O) groups is 1. The monoisotopic (exact) mass is 383 g/mol. The largest absolute Gasteiger partial charge is 0.454 e. The zero-order chi connectivity index (χ0) is 19.7. The van der Waals surface area contributed by atoms with Crippen molar-refractivity contribution in [1.82, 2.24) is 5.32 Å². The van der Waals surface area contributed by atoms with Crippen LogP contribution in [0.1, 0.15) is 61.4 Å². The fourth-order valence-electron chi connectivity index (χ4n) is 4.81. The van der Waals surface area contributed by atoms with Gasteiger partial charge >= 0.3 is 5.97 Å². The number of rotatable bonds is 1. The minimum atomic E-state index is -0.587. The van der Waals surface area contributed by atoms with Gasteiger partial charge in [0.25, 0.3) is 0 Å². The van der Waals surface area contributed by atoms with Crippen molar-refractivity contribution < 1.29 is 23.4 Å². The fraction of sp³-hybridized carbons (Fsp3) is 0.409. The van der Waals surface area contributed by atoms with E-state index >= 15 is 0 Å². The van der Waals surface area contributed by atoms with Crippen molar-refractivity contribution in [2.45, 2.75) is 46.3 Å². The molecule has 146 valence electrons. The third-order valence-corrected chi connectivity index (χ3v) is 6.48. The molecule has 0 saturated heterocycles. The predicted molar refractivity (Wildman–Crippen MR) is 101 cm³/mol. The average Bonchev–Trinajstić information content (AvgIpc) is 3.29. The molecule has 1 N–H and O–H groups in total. The van der Waals surface area contributed by atoms with E-state index in [9.17, 15) is 9.18 Å². The Labute approximate surface area is 162 Å². The molecule has 0 unspecified atom stereocenters. The van der Waals surface area contributed by atoms with Crippen LogP contribution in [-0.2, 0) is 11.2 Å². The Kier molecular flexibility index (Phi) is 3.72. The Balaban J connectivity index is 1.70. The highest BCUT2D eigenvalue weighted by Crippen LogP contribution is 2.49. The summed E-state index contributed by atoms with van der Waals surface area (Å²) in [5.41, 5.74) is 6.20. The van der Waals surface area contributed by atoms with Gasteiger partial charge in [0.15, 0.2) is 11.5 Å². The summed E-state index contributed by atoms with van der Waals surface area (Å²) in [4.78, 5) is 12.6. The molecule has 0 aliphatic carbocycles. The van der Waals surface area contributed by atoms with Crippen LogP contribution in [0, 0.1) is 33.5 Å². The van der Waals surface area contributed by atoms with Gasteiger partial charge < -0.3 is 19.5 Å². The molecule has 28 heavy (non-hydrogen) atoms. The van der Waals surface area contributed by atoms with Gasteiger partial charge in [0.05, 0.1) is 6.04 Å². The van der Waals surface area contributed by atoms with Gasteiger partial charge in [-0.05, 0) is 74.5 Å². The summed E-state index contributed by atoms with van der Waals surface area (Å²) in [6.07, 6.45) is 0.270. The summed E-state index contributed by atoms with van der Waals surface area (Å²) < 4.78 is 31.9. The Morgan fingerprint density at radius 2 is 1.82 bits per heavy atom. The van der Waals surface area contributed by atoms with Crippen molar-refractivity contribution in [2.24, 2.45) is 0 Å². The molecule has 3 aliphatic rings. The van der Waals surface area contributed by atoms with Crippen LogP contribution in [0.15, 0.2) is 6.07 Å². The van der Waals surface area contributed by atoms with Gasteiger partial charge in [-0.15, -0.1) is 0 Å². The molecule has 0 amide bonds. The van der Waals surface area contributed by atoms with E-state index in [-0.39, 0.29) is 18.4 Å². The lowest BCUT2D eigenvalue weighted by Crippen LogP contribution is -2.35. The lowest BCUT2D eigenvalue weighted by atomic mass is 9.82. The number of hydrogen-bond donors (Lipinski definition) is 1. The van der Waals surface area contributed by atoms with E-state index in [4.69, 9.17) is 14.2 Å². The van der Waals surface area contributed by atoms with Crippen LogP contribution in [0.5, 0.6) is 11.5 Å². The normalized spacial score (nSPS) is 22.1. The van der Waals surface area contributed by atoms with Crippen LogP contribution in [-0.4, -0.2) is 19.3 Å². The number of esters is 1. The molecule has 3 aliphatic heterocycles. The quantitative estimate of drug-likeness (QED) is 0.758. The van der Waals surface area contributed by atoms with Crippen LogP contribution >= 0.6 is 0 Å². The highest BCUT2D eigenvalue weighted by atomic mass is 19.1. The first-order valence-corrected chi connectivity index (χ1v) is 9.55. The van der Waals surface area contributed by atoms with Crippen molar-refractivity contribution in [3.8, 4) is 11.5 Å². The molecule has 0 aromatic heterocycles. The second-order valence-electron chi connectivity index (χ2n) is 7.79. The molecule has 5 nitrogen and oxygen atoms in total. The van der Waals surface area contributed by atoms with Crippen LogP contribution in [0.4, 0.5) is 4.39 Å². The Bertz CT molecular complexity index is 1050. The maximum atomic E-state index is 14.9. The second-order valence-corrected chi connectivity index (χ2v) is 7.79. The van der Waals surface area contributed by atoms with Gasteiger partial charge in [-0.25, -0.2) is 9.18 Å². The van der Waals surface area contributed by atoms with Crippen LogP contribution in [0.2, 0.25) is 0 Å². The van der Waals surface area contributed by atoms with E-state index in [0.717, 1.165) is 52.3 Å². The SMILES string of the molecule is Cc1c(C)c(F)c2c(c1C)[C@@H]([C@@H]1NCCc3cc4c(c(C)c31)OCO4)OC2=O. The minimum Gasteiger partial charge on any atom is -0.454 e. The molecule has 2 atom stereocenters. The molecule has 2 aromatic rings. The number of cyclic esters (lactones) is 1. The zero-order valence-electron chi connectivity index (χ0n) is 16.4. The number of ether oxygens (including phenoxy) is 3. The minimum absolute atomic E-state index is 0.0814. The number of halogens is 1. The first kappa shape index (κ1) is 17.5. The summed E-state index contributed by atoms with van der Waals surface area (Å²) in [6, 6.07) is 1.76. The van der Waals surface area contributed by atoms with Crippen LogP contribution in [0.25, 0.3) is 0 Å². The highest BCUT2D eigenvalue weighted by Gasteiger charge is 2.44. The van der Waals surface area contributed by atoms with E-state index in [1.54, 1.807) is 6.92 Å². The lowest BCUT2D eigenvalue weighted by molar-refractivity contribution is 0.0282. The third kappa shape index (κ3) is 2.18. The smallest absolute Gasteiger partial charge is 0.342 e. The summed E-state index contributed by atoms with van der Waals surface area (Å²) in [5, 5.41) is 3.50. The maximum absolute atomic E-state index is 14.9. The summed E-state index contributed by atoms with van der Waals surface area (Å²) >= 11 is 0. The summed E-state index contributed by atoms with van der Waals surface area (Å²) in [7, 11) is 0. The lowest BCUT2D eigenvalue weighted by Gasteiger charge is -2.33. The number of nitrogens with one attached hydrogen (secondary N) is 1. The number of hydrogen-bond acceptors (Lipinski definition) is 5. The summed E-state index contributed by atoms with van der Waals surface area (Å²) in [6.45, 7) is 8.48. The van der Waals surface area contributed by atoms with E-state index < -0.39 is 17.9 Å². The van der Waals surface area contributed by atoms with Crippen molar-refractivity contribution in [1.29, 1.82) is 0 Å². The zero-order valence-corrected chi connectivity index (χ0v) is 16.4. The average molecular weight is 383 g/mol. The standard InChI is InChI=1S/C22H22FNO4/c1-9-10(2)16-17(18(23)11(9)3)22(25)28-21(16)19-15-12(4)20-14(26-8-27-20)7-13(15)5-6-24-19/h7,19,21,24H,5-6,8H2,1-4H3/t19-,21+/m1/s1. The molecule has 0 fully saturated rings. The summed E-state index contributed by atoms with van der Waals surface area (Å²) in [5.74, 6) is 0.439. The number of fused-ring (bicyclic) bond motifs is 3. The molecular weight excluding hydrogens is 361 g/mol. The Morgan fingerprint density at radius 3 is 2.61 bits per heavy atom. The van der Waals surface area contributed by atoms with Gasteiger partial charge in [0, 0.05) is 11.1 Å². The molecule has 5 rings (SSSR count). The molecule has 0 radical (unpaired) electrons. The van der Waals surface area contributed by atoms with E-state index in [0.29, 0.717) is 11.1 Å². The molecule has 0 saturated carbocycles. The Morgan fingerprint density at radius 1 is 1.04 bits per heavy atom. The van der Waals surface area contributed by atoms with Crippen molar-refractivity contribution in [3.05, 3.63) is 56.4 Å². The van der Waals surface area contributed by atoms with Crippen LogP contribution < -0.4 is 14.8 Å². The molecule has 6 heteroatoms. The number of carbonyl (C=O) groups excluding carboxylic acids is 1. The molecular formula is C22H22FNO4. The van der Waals surface area contributed by atoms with Crippen molar-refractivity contribution in [3.63, 3.8) is 0 Å². The third-order valence-electron chi connectivity index (χ3n) is 6.48. The fourth-order valence-corrected chi connectivity index (χ4v) is 4.81. The predicted octanol–water partition coefficient (Wildman–Crippen LogP) is 3.89. The second kappa shape index (κ2) is 5.95. The van der Waals surface area contributed by atoms with Gasteiger partial charge in [-0.2, -0.15) is 0 Å². The maximum Gasteiger partial charge on any atom is 0.342 e. The van der Waals surface area contributed by atoms with Gasteiger partial charge in [0.1, 0.15) is 17.5 Å². The van der Waals surface area contributed by atoms with Gasteiger partial charge in [0.2, 0.25) is 6.79 Å². The van der Waals surface area contributed by atoms with Crippen molar-refractivity contribution >= 4 is 5.97 Å². The van der Waals surface area contributed by atoms with E-state index in [1.807, 2.05) is 26.8 Å². The molecule has 3 heterocycles. The van der Waals surface area contributed by atoms with Crippen molar-refractivity contribution in [2.75, 3.05) is 13.3 Å². The van der Waals surface area contributed by atoms with Crippen LogP contribution in [0.3, 0.4) is 0 Å². The Hall–Kier alpha value is -2.60. The van der Waals surface area contributed by atoms with Gasteiger partial charge in [-0.1, -0.05) is 0 Å². The number of benzene rings is 2. The van der Waals surface area contributed by atoms with Gasteiger partial charge in [-0.3, -0.25) is 0 Å². The van der Waals surface area contributed by atoms with E-state index in [2.05, 4.69) is 5.32 Å². The molecule has 0 bridgehead atoms. The molecule has 0 spiro atoms. The highest BCUT2D eigenvalue weighted by molar-refractivity contribution is 5.95. The first-order valence-electron chi connectivity index (χ1n) is 9.55. The molecule has 2 aromatic carbocycles. The van der Waals surface area contributed by atoms with E-state index in [1.165, 1.54) is 0 Å². The topological polar surface area (TPSA) is 56.8 Å². The first-order chi connectivity index (χ1) is 13.4.